The molecule has 150 valence electrons. The number of thiazole rings is 1. The Balaban J connectivity index is 1.48. The van der Waals surface area contributed by atoms with E-state index >= 15 is 0 Å². The third-order valence-corrected chi connectivity index (χ3v) is 5.92. The first-order valence-electron chi connectivity index (χ1n) is 9.39. The van der Waals surface area contributed by atoms with Crippen LogP contribution in [0.3, 0.4) is 0 Å². The number of rotatable bonds is 6. The summed E-state index contributed by atoms with van der Waals surface area (Å²) in [6.07, 6.45) is 1.62. The van der Waals surface area contributed by atoms with Gasteiger partial charge in [-0.05, 0) is 39.3 Å². The summed E-state index contributed by atoms with van der Waals surface area (Å²) in [7, 11) is 0. The van der Waals surface area contributed by atoms with Crippen LogP contribution in [0.2, 0.25) is 0 Å². The fraction of sp³-hybridized carbons (Fsp3) is 0.450. The van der Waals surface area contributed by atoms with Gasteiger partial charge in [-0.2, -0.15) is 0 Å². The van der Waals surface area contributed by atoms with E-state index in [-0.39, 0.29) is 36.6 Å². The second-order valence-corrected chi connectivity index (χ2v) is 8.30. The van der Waals surface area contributed by atoms with Crippen molar-refractivity contribution in [3.63, 3.8) is 0 Å². The normalized spacial score (nSPS) is 17.3. The van der Waals surface area contributed by atoms with Gasteiger partial charge in [-0.1, -0.05) is 18.2 Å². The number of nitrogens with one attached hydrogen (secondary N) is 2. The Morgan fingerprint density at radius 1 is 1.32 bits per heavy atom. The van der Waals surface area contributed by atoms with Gasteiger partial charge < -0.3 is 10.6 Å². The molecule has 6 nitrogen and oxygen atoms in total. The lowest BCUT2D eigenvalue weighted by Gasteiger charge is -2.31. The van der Waals surface area contributed by atoms with Crippen LogP contribution in [0.25, 0.3) is 0 Å². The summed E-state index contributed by atoms with van der Waals surface area (Å²) in [5.74, 6) is -0.740. The fourth-order valence-electron chi connectivity index (χ4n) is 3.27. The number of halogens is 1. The molecule has 0 radical (unpaired) electrons. The number of carbonyl (C=O) groups excluding carboxylic acids is 2. The quantitative estimate of drug-likeness (QED) is 0.776. The summed E-state index contributed by atoms with van der Waals surface area (Å²) in [5, 5.41) is 6.26. The summed E-state index contributed by atoms with van der Waals surface area (Å²) >= 11 is 1.46. The van der Waals surface area contributed by atoms with Crippen molar-refractivity contribution in [1.29, 1.82) is 0 Å². The molecule has 3 rings (SSSR count). The first-order valence-corrected chi connectivity index (χ1v) is 10.2. The van der Waals surface area contributed by atoms with Gasteiger partial charge in [0.05, 0.1) is 18.2 Å². The molecule has 2 aromatic rings. The third-order valence-electron chi connectivity index (χ3n) is 4.93. The standard InChI is InChI=1S/C20H25FN4O2S/c1-13-14(2)28-20(23-13)24-18(26)12-25-9-5-7-16(11-25)19(27)22-10-15-6-3-4-8-17(15)21/h3-4,6,8,16H,5,7,9-12H2,1-2H3,(H,22,27)(H,23,24,26). The summed E-state index contributed by atoms with van der Waals surface area (Å²) in [6, 6.07) is 6.42. The molecular weight excluding hydrogens is 379 g/mol. The minimum Gasteiger partial charge on any atom is -0.352 e. The lowest BCUT2D eigenvalue weighted by molar-refractivity contribution is -0.128. The maximum Gasteiger partial charge on any atom is 0.240 e. The largest absolute Gasteiger partial charge is 0.352 e. The Labute approximate surface area is 168 Å². The number of aryl methyl sites for hydroxylation is 2. The second-order valence-electron chi connectivity index (χ2n) is 7.09. The molecular formula is C20H25FN4O2S. The van der Waals surface area contributed by atoms with Crippen LogP contribution < -0.4 is 10.6 Å². The molecule has 0 aliphatic carbocycles. The molecule has 0 saturated carbocycles. The minimum absolute atomic E-state index is 0.0977. The van der Waals surface area contributed by atoms with Crippen LogP contribution in [0.1, 0.15) is 29.0 Å². The van der Waals surface area contributed by atoms with Crippen molar-refractivity contribution in [2.45, 2.75) is 33.2 Å². The van der Waals surface area contributed by atoms with Crippen LogP contribution in [-0.4, -0.2) is 41.3 Å². The van der Waals surface area contributed by atoms with Crippen molar-refractivity contribution in [3.8, 4) is 0 Å². The van der Waals surface area contributed by atoms with Gasteiger partial charge in [-0.15, -0.1) is 11.3 Å². The zero-order valence-electron chi connectivity index (χ0n) is 16.1. The van der Waals surface area contributed by atoms with Crippen molar-refractivity contribution < 1.29 is 14.0 Å². The molecule has 1 aromatic carbocycles. The van der Waals surface area contributed by atoms with E-state index < -0.39 is 0 Å². The van der Waals surface area contributed by atoms with E-state index in [4.69, 9.17) is 0 Å². The summed E-state index contributed by atoms with van der Waals surface area (Å²) in [5.41, 5.74) is 1.39. The molecule has 0 spiro atoms. The van der Waals surface area contributed by atoms with Crippen molar-refractivity contribution in [1.82, 2.24) is 15.2 Å². The van der Waals surface area contributed by atoms with Gasteiger partial charge in [-0.25, -0.2) is 9.37 Å². The van der Waals surface area contributed by atoms with Gasteiger partial charge in [-0.3, -0.25) is 14.5 Å². The molecule has 2 heterocycles. The molecule has 1 aliphatic heterocycles. The Morgan fingerprint density at radius 3 is 2.82 bits per heavy atom. The monoisotopic (exact) mass is 404 g/mol. The average Bonchev–Trinajstić information content (AvgIpc) is 2.98. The maximum atomic E-state index is 13.7. The number of amides is 2. The smallest absolute Gasteiger partial charge is 0.240 e. The molecule has 1 saturated heterocycles. The predicted octanol–water partition coefficient (Wildman–Crippen LogP) is 2.87. The van der Waals surface area contributed by atoms with Crippen molar-refractivity contribution >= 4 is 28.3 Å². The van der Waals surface area contributed by atoms with Crippen molar-refractivity contribution in [2.75, 3.05) is 25.0 Å². The van der Waals surface area contributed by atoms with E-state index in [0.717, 1.165) is 30.0 Å². The number of piperidine rings is 1. The molecule has 8 heteroatoms. The minimum atomic E-state index is -0.322. The molecule has 1 aromatic heterocycles. The molecule has 0 bridgehead atoms. The zero-order valence-corrected chi connectivity index (χ0v) is 16.9. The average molecular weight is 405 g/mol. The van der Waals surface area contributed by atoms with Gasteiger partial charge in [0.15, 0.2) is 5.13 Å². The SMILES string of the molecule is Cc1nc(NC(=O)CN2CCCC(C(=O)NCc3ccccc3F)C2)sc1C. The molecule has 2 N–H and O–H groups in total. The van der Waals surface area contributed by atoms with E-state index in [1.807, 2.05) is 18.7 Å². The zero-order chi connectivity index (χ0) is 20.1. The van der Waals surface area contributed by atoms with Crippen LogP contribution in [0, 0.1) is 25.6 Å². The first-order chi connectivity index (χ1) is 13.4. The van der Waals surface area contributed by atoms with Crippen LogP contribution in [0.5, 0.6) is 0 Å². The van der Waals surface area contributed by atoms with Gasteiger partial charge in [0.1, 0.15) is 5.82 Å². The topological polar surface area (TPSA) is 74.3 Å². The number of hydrogen-bond acceptors (Lipinski definition) is 5. The van der Waals surface area contributed by atoms with Gasteiger partial charge in [0.2, 0.25) is 11.8 Å². The van der Waals surface area contributed by atoms with Gasteiger partial charge >= 0.3 is 0 Å². The second kappa shape index (κ2) is 9.25. The summed E-state index contributed by atoms with van der Waals surface area (Å²) in [4.78, 5) is 32.2. The fourth-order valence-corrected chi connectivity index (χ4v) is 4.10. The highest BCUT2D eigenvalue weighted by Crippen LogP contribution is 2.21. The molecule has 1 aliphatic rings. The Kier molecular flexibility index (Phi) is 6.74. The number of benzene rings is 1. The highest BCUT2D eigenvalue weighted by Gasteiger charge is 2.27. The van der Waals surface area contributed by atoms with Crippen molar-refractivity contribution in [3.05, 3.63) is 46.2 Å². The summed E-state index contributed by atoms with van der Waals surface area (Å²) < 4.78 is 13.7. The first kappa shape index (κ1) is 20.4. The van der Waals surface area contributed by atoms with E-state index in [1.165, 1.54) is 17.4 Å². The molecule has 1 atom stereocenters. The predicted molar refractivity (Wildman–Crippen MR) is 108 cm³/mol. The Hall–Kier alpha value is -2.32. The molecule has 2 amide bonds. The Morgan fingerprint density at radius 2 is 2.11 bits per heavy atom. The van der Waals surface area contributed by atoms with Crippen LogP contribution >= 0.6 is 11.3 Å². The summed E-state index contributed by atoms with van der Waals surface area (Å²) in [6.45, 7) is 5.58. The van der Waals surface area contributed by atoms with Gasteiger partial charge in [0, 0.05) is 23.5 Å². The van der Waals surface area contributed by atoms with Crippen LogP contribution in [0.4, 0.5) is 9.52 Å². The number of aromatic nitrogens is 1. The number of anilines is 1. The maximum absolute atomic E-state index is 13.7. The Bertz CT molecular complexity index is 835. The van der Waals surface area contributed by atoms with Crippen molar-refractivity contribution in [2.24, 2.45) is 5.92 Å². The van der Waals surface area contributed by atoms with Crippen LogP contribution in [-0.2, 0) is 16.1 Å². The van der Waals surface area contributed by atoms with E-state index in [1.54, 1.807) is 18.2 Å². The number of likely N-dealkylation sites (tertiary alicyclic amines) is 1. The highest BCUT2D eigenvalue weighted by molar-refractivity contribution is 7.15. The number of carbonyl (C=O) groups is 2. The van der Waals surface area contributed by atoms with Gasteiger partial charge in [0.25, 0.3) is 0 Å². The van der Waals surface area contributed by atoms with Crippen LogP contribution in [0.15, 0.2) is 24.3 Å². The van der Waals surface area contributed by atoms with E-state index in [0.29, 0.717) is 17.2 Å². The van der Waals surface area contributed by atoms with E-state index in [2.05, 4.69) is 15.6 Å². The lowest BCUT2D eigenvalue weighted by Crippen LogP contribution is -2.45. The molecule has 1 fully saturated rings. The third kappa shape index (κ3) is 5.36. The molecule has 1 unspecified atom stereocenters. The lowest BCUT2D eigenvalue weighted by atomic mass is 9.97. The van der Waals surface area contributed by atoms with E-state index in [9.17, 15) is 14.0 Å². The number of hydrogen-bond donors (Lipinski definition) is 2. The highest BCUT2D eigenvalue weighted by atomic mass is 32.1. The molecule has 28 heavy (non-hydrogen) atoms. The number of nitrogens with zero attached hydrogens (tertiary/aromatic N) is 2.